The van der Waals surface area contributed by atoms with Crippen molar-refractivity contribution in [1.82, 2.24) is 0 Å². The van der Waals surface area contributed by atoms with Crippen LogP contribution in [0.1, 0.15) is 29.6 Å². The van der Waals surface area contributed by atoms with Gasteiger partial charge in [0.2, 0.25) is 0 Å². The van der Waals surface area contributed by atoms with Gasteiger partial charge in [-0.3, -0.25) is 0 Å². The lowest BCUT2D eigenvalue weighted by atomic mass is 9.97. The van der Waals surface area contributed by atoms with Gasteiger partial charge in [-0.05, 0) is 35.4 Å². The third-order valence-electron chi connectivity index (χ3n) is 3.30. The molecular formula is C15H12Cl2N2. The number of azo groups is 1. The molecule has 3 rings (SSSR count). The molecule has 96 valence electrons. The van der Waals surface area contributed by atoms with Crippen LogP contribution in [0.4, 0.5) is 0 Å². The number of benzene rings is 2. The Balaban J connectivity index is 1.76. The van der Waals surface area contributed by atoms with Crippen LogP contribution in [0, 0.1) is 0 Å². The van der Waals surface area contributed by atoms with Gasteiger partial charge >= 0.3 is 0 Å². The van der Waals surface area contributed by atoms with Crippen LogP contribution in [-0.4, -0.2) is 0 Å². The number of nitrogens with zero attached hydrogens (tertiary/aromatic N) is 2. The van der Waals surface area contributed by atoms with E-state index in [1.54, 1.807) is 0 Å². The highest BCUT2D eigenvalue weighted by Crippen LogP contribution is 2.38. The summed E-state index contributed by atoms with van der Waals surface area (Å²) < 4.78 is 0. The monoisotopic (exact) mass is 290 g/mol. The number of rotatable bonds is 2. The van der Waals surface area contributed by atoms with Crippen LogP contribution in [-0.2, 0) is 0 Å². The van der Waals surface area contributed by atoms with Gasteiger partial charge in [0.15, 0.2) is 0 Å². The highest BCUT2D eigenvalue weighted by molar-refractivity contribution is 6.30. The Morgan fingerprint density at radius 3 is 1.42 bits per heavy atom. The average molecular weight is 291 g/mol. The van der Waals surface area contributed by atoms with E-state index >= 15 is 0 Å². The van der Waals surface area contributed by atoms with Gasteiger partial charge in [-0.25, -0.2) is 0 Å². The van der Waals surface area contributed by atoms with E-state index in [-0.39, 0.29) is 12.1 Å². The van der Waals surface area contributed by atoms with Crippen molar-refractivity contribution in [1.29, 1.82) is 0 Å². The Kier molecular flexibility index (Phi) is 3.54. The van der Waals surface area contributed by atoms with Crippen LogP contribution in [0.15, 0.2) is 58.8 Å². The Morgan fingerprint density at radius 2 is 1.05 bits per heavy atom. The summed E-state index contributed by atoms with van der Waals surface area (Å²) in [6.45, 7) is 0. The van der Waals surface area contributed by atoms with E-state index in [2.05, 4.69) is 10.2 Å². The van der Waals surface area contributed by atoms with Crippen LogP contribution in [0.2, 0.25) is 10.0 Å². The normalized spacial score (nSPS) is 21.8. The van der Waals surface area contributed by atoms with Gasteiger partial charge in [-0.2, -0.15) is 10.2 Å². The van der Waals surface area contributed by atoms with E-state index in [1.165, 1.54) is 0 Å². The molecule has 0 unspecified atom stereocenters. The van der Waals surface area contributed by atoms with Gasteiger partial charge < -0.3 is 0 Å². The molecule has 1 heterocycles. The Labute approximate surface area is 122 Å². The Hall–Kier alpha value is -1.38. The fraction of sp³-hybridized carbons (Fsp3) is 0.200. The largest absolute Gasteiger partial charge is 0.185 e. The van der Waals surface area contributed by atoms with E-state index in [4.69, 9.17) is 23.2 Å². The van der Waals surface area contributed by atoms with Crippen molar-refractivity contribution in [3.05, 3.63) is 69.7 Å². The van der Waals surface area contributed by atoms with E-state index in [0.29, 0.717) is 0 Å². The maximum absolute atomic E-state index is 5.89. The third kappa shape index (κ3) is 2.80. The zero-order valence-corrected chi connectivity index (χ0v) is 11.6. The summed E-state index contributed by atoms with van der Waals surface area (Å²) >= 11 is 11.8. The summed E-state index contributed by atoms with van der Waals surface area (Å²) in [4.78, 5) is 0. The molecule has 0 aromatic heterocycles. The lowest BCUT2D eigenvalue weighted by Gasteiger charge is -2.09. The van der Waals surface area contributed by atoms with Crippen molar-refractivity contribution < 1.29 is 0 Å². The second-order valence-corrected chi connectivity index (χ2v) is 5.47. The highest BCUT2D eigenvalue weighted by atomic mass is 35.5. The molecular weight excluding hydrogens is 279 g/mol. The molecule has 0 saturated carbocycles. The Bertz CT molecular complexity index is 537. The highest BCUT2D eigenvalue weighted by Gasteiger charge is 2.24. The predicted molar refractivity (Wildman–Crippen MR) is 77.9 cm³/mol. The van der Waals surface area contributed by atoms with Gasteiger partial charge in [-0.1, -0.05) is 47.5 Å². The van der Waals surface area contributed by atoms with Crippen LogP contribution in [0.25, 0.3) is 0 Å². The first kappa shape index (κ1) is 12.6. The molecule has 2 atom stereocenters. The zero-order valence-electron chi connectivity index (χ0n) is 10.1. The van der Waals surface area contributed by atoms with Gasteiger partial charge in [0.1, 0.15) is 0 Å². The topological polar surface area (TPSA) is 24.7 Å². The lowest BCUT2D eigenvalue weighted by Crippen LogP contribution is -1.96. The van der Waals surface area contributed by atoms with Gasteiger partial charge in [0, 0.05) is 16.5 Å². The van der Waals surface area contributed by atoms with E-state index < -0.39 is 0 Å². The van der Waals surface area contributed by atoms with Crippen molar-refractivity contribution in [2.75, 3.05) is 0 Å². The van der Waals surface area contributed by atoms with Crippen molar-refractivity contribution >= 4 is 23.2 Å². The van der Waals surface area contributed by atoms with Crippen LogP contribution < -0.4 is 0 Å². The second kappa shape index (κ2) is 5.32. The quantitative estimate of drug-likeness (QED) is 0.685. The molecule has 2 aromatic rings. The first-order valence-corrected chi connectivity index (χ1v) is 6.89. The summed E-state index contributed by atoms with van der Waals surface area (Å²) in [5.74, 6) is 0. The van der Waals surface area contributed by atoms with Crippen molar-refractivity contribution in [2.24, 2.45) is 10.2 Å². The van der Waals surface area contributed by atoms with E-state index in [1.807, 2.05) is 48.5 Å². The van der Waals surface area contributed by atoms with E-state index in [9.17, 15) is 0 Å². The van der Waals surface area contributed by atoms with Gasteiger partial charge in [-0.15, -0.1) is 0 Å². The number of hydrogen-bond donors (Lipinski definition) is 0. The fourth-order valence-corrected chi connectivity index (χ4v) is 2.49. The molecule has 2 aromatic carbocycles. The maximum Gasteiger partial charge on any atom is 0.0982 e. The number of hydrogen-bond acceptors (Lipinski definition) is 2. The molecule has 0 aliphatic carbocycles. The molecule has 0 fully saturated rings. The molecule has 0 radical (unpaired) electrons. The SMILES string of the molecule is Clc1ccc([C@@H]2C[C@@H](c3ccc(Cl)cc3)N=N2)cc1. The fourth-order valence-electron chi connectivity index (χ4n) is 2.24. The number of halogens is 2. The zero-order chi connectivity index (χ0) is 13.2. The minimum absolute atomic E-state index is 0.123. The summed E-state index contributed by atoms with van der Waals surface area (Å²) in [7, 11) is 0. The first-order chi connectivity index (χ1) is 9.22. The van der Waals surface area contributed by atoms with Crippen molar-refractivity contribution in [2.45, 2.75) is 18.5 Å². The summed E-state index contributed by atoms with van der Waals surface area (Å²) in [6, 6.07) is 15.9. The Morgan fingerprint density at radius 1 is 0.684 bits per heavy atom. The maximum atomic E-state index is 5.89. The molecule has 0 bridgehead atoms. The first-order valence-electron chi connectivity index (χ1n) is 6.13. The van der Waals surface area contributed by atoms with Crippen molar-refractivity contribution in [3.8, 4) is 0 Å². The summed E-state index contributed by atoms with van der Waals surface area (Å²) in [5.41, 5.74) is 2.31. The molecule has 19 heavy (non-hydrogen) atoms. The molecule has 0 N–H and O–H groups in total. The predicted octanol–water partition coefficient (Wildman–Crippen LogP) is 5.63. The molecule has 1 aliphatic heterocycles. The van der Waals surface area contributed by atoms with Crippen LogP contribution in [0.5, 0.6) is 0 Å². The summed E-state index contributed by atoms with van der Waals surface area (Å²) in [6.07, 6.45) is 0.892. The minimum Gasteiger partial charge on any atom is -0.185 e. The molecule has 4 heteroatoms. The summed E-state index contributed by atoms with van der Waals surface area (Å²) in [5, 5.41) is 10.2. The average Bonchev–Trinajstić information content (AvgIpc) is 2.90. The second-order valence-electron chi connectivity index (χ2n) is 4.60. The van der Waals surface area contributed by atoms with Crippen LogP contribution >= 0.6 is 23.2 Å². The minimum atomic E-state index is 0.123. The standard InChI is InChI=1S/C15H12Cl2N2/c16-12-5-1-10(2-6-12)14-9-15(19-18-14)11-3-7-13(17)8-4-11/h1-8,14-15H,9H2/t14-,15-/m0/s1. The van der Waals surface area contributed by atoms with Gasteiger partial charge in [0.05, 0.1) is 12.1 Å². The smallest absolute Gasteiger partial charge is 0.0982 e. The van der Waals surface area contributed by atoms with Crippen molar-refractivity contribution in [3.63, 3.8) is 0 Å². The third-order valence-corrected chi connectivity index (χ3v) is 3.81. The molecule has 0 spiro atoms. The molecule has 0 amide bonds. The van der Waals surface area contributed by atoms with E-state index in [0.717, 1.165) is 27.6 Å². The van der Waals surface area contributed by atoms with Gasteiger partial charge in [0.25, 0.3) is 0 Å². The molecule has 1 aliphatic rings. The molecule has 0 saturated heterocycles. The van der Waals surface area contributed by atoms with Crippen LogP contribution in [0.3, 0.4) is 0 Å². The molecule has 2 nitrogen and oxygen atoms in total. The lowest BCUT2D eigenvalue weighted by molar-refractivity contribution is 0.659.